The van der Waals surface area contributed by atoms with Gasteiger partial charge in [-0.05, 0) is 19.8 Å². The number of rotatable bonds is 4. The first kappa shape index (κ1) is 13.7. The number of carbonyl (C=O) groups excluding carboxylic acids is 1. The second-order valence-corrected chi connectivity index (χ2v) is 5.27. The minimum Gasteiger partial charge on any atom is -0.339 e. The molecule has 4 N–H and O–H groups in total. The third-order valence-corrected chi connectivity index (χ3v) is 3.67. The topological polar surface area (TPSA) is 108 Å². The standard InChI is InChI=1S/C10H17N3O3S/c1-4-7-9(6(3)14)10(17(12,15)16)8(5-2)13(7)11/h4-5,11H2,1-3H3,(H2,12,15,16). The van der Waals surface area contributed by atoms with Gasteiger partial charge in [0.25, 0.3) is 0 Å². The zero-order valence-corrected chi connectivity index (χ0v) is 11.0. The molecule has 0 saturated carbocycles. The van der Waals surface area contributed by atoms with Crippen molar-refractivity contribution in [3.05, 3.63) is 17.0 Å². The monoisotopic (exact) mass is 259 g/mol. The Hall–Kier alpha value is -1.34. The number of hydrogen-bond acceptors (Lipinski definition) is 4. The smallest absolute Gasteiger partial charge is 0.240 e. The minimum absolute atomic E-state index is 0.120. The molecule has 0 amide bonds. The van der Waals surface area contributed by atoms with E-state index < -0.39 is 10.0 Å². The molecule has 1 aromatic heterocycles. The highest BCUT2D eigenvalue weighted by Crippen LogP contribution is 2.26. The molecule has 0 spiro atoms. The first-order chi connectivity index (χ1) is 7.75. The number of aromatic nitrogens is 1. The van der Waals surface area contributed by atoms with Gasteiger partial charge < -0.3 is 5.84 Å². The molecule has 0 saturated heterocycles. The molecule has 1 heterocycles. The molecular formula is C10H17N3O3S. The Morgan fingerprint density at radius 2 is 1.71 bits per heavy atom. The van der Waals surface area contributed by atoms with Crippen LogP contribution in [0.5, 0.6) is 0 Å². The summed E-state index contributed by atoms with van der Waals surface area (Å²) in [5, 5.41) is 5.16. The lowest BCUT2D eigenvalue weighted by Gasteiger charge is -2.04. The summed E-state index contributed by atoms with van der Waals surface area (Å²) in [7, 11) is -3.95. The van der Waals surface area contributed by atoms with Gasteiger partial charge in [0.05, 0.1) is 17.0 Å². The highest BCUT2D eigenvalue weighted by atomic mass is 32.2. The summed E-state index contributed by atoms with van der Waals surface area (Å²) in [6, 6.07) is 0. The van der Waals surface area contributed by atoms with Crippen molar-refractivity contribution in [2.45, 2.75) is 38.5 Å². The molecule has 0 atom stereocenters. The van der Waals surface area contributed by atoms with Crippen molar-refractivity contribution in [2.75, 3.05) is 5.84 Å². The third-order valence-electron chi connectivity index (χ3n) is 2.67. The largest absolute Gasteiger partial charge is 0.339 e. The Labute approximate surface area is 101 Å². The molecule has 1 rings (SSSR count). The molecule has 0 aliphatic heterocycles. The molecule has 1 aromatic rings. The van der Waals surface area contributed by atoms with Gasteiger partial charge in [-0.3, -0.25) is 9.47 Å². The molecule has 6 nitrogen and oxygen atoms in total. The fourth-order valence-electron chi connectivity index (χ4n) is 2.02. The van der Waals surface area contributed by atoms with Crippen molar-refractivity contribution in [1.82, 2.24) is 4.68 Å². The summed E-state index contributed by atoms with van der Waals surface area (Å²) in [4.78, 5) is 11.5. The average Bonchev–Trinajstić information content (AvgIpc) is 2.49. The quantitative estimate of drug-likeness (QED) is 0.593. The van der Waals surface area contributed by atoms with Crippen LogP contribution in [0, 0.1) is 0 Å². The van der Waals surface area contributed by atoms with E-state index in [9.17, 15) is 13.2 Å². The van der Waals surface area contributed by atoms with Crippen molar-refractivity contribution in [3.63, 3.8) is 0 Å². The number of nitrogens with two attached hydrogens (primary N) is 2. The van der Waals surface area contributed by atoms with E-state index in [1.54, 1.807) is 13.8 Å². The molecule has 0 fully saturated rings. The number of nitrogens with zero attached hydrogens (tertiary/aromatic N) is 1. The van der Waals surface area contributed by atoms with Gasteiger partial charge in [0, 0.05) is 0 Å². The Kier molecular flexibility index (Phi) is 3.63. The van der Waals surface area contributed by atoms with Crippen LogP contribution in [0.3, 0.4) is 0 Å². The maximum absolute atomic E-state index is 11.6. The van der Waals surface area contributed by atoms with Gasteiger partial charge in [0.2, 0.25) is 10.0 Å². The number of nitrogen functional groups attached to an aromatic ring is 1. The summed E-state index contributed by atoms with van der Waals surface area (Å²) in [5.74, 6) is 5.46. The highest BCUT2D eigenvalue weighted by Gasteiger charge is 2.29. The number of ketones is 1. The first-order valence-electron chi connectivity index (χ1n) is 5.30. The van der Waals surface area contributed by atoms with Crippen LogP contribution < -0.4 is 11.0 Å². The molecule has 0 bridgehead atoms. The van der Waals surface area contributed by atoms with Crippen LogP contribution in [0.25, 0.3) is 0 Å². The van der Waals surface area contributed by atoms with E-state index in [2.05, 4.69) is 0 Å². The molecule has 0 radical (unpaired) electrons. The van der Waals surface area contributed by atoms with Crippen molar-refractivity contribution in [3.8, 4) is 0 Å². The maximum atomic E-state index is 11.6. The lowest BCUT2D eigenvalue weighted by molar-refractivity contribution is 0.101. The van der Waals surface area contributed by atoms with E-state index in [0.29, 0.717) is 24.2 Å². The molecule has 0 aromatic carbocycles. The first-order valence-corrected chi connectivity index (χ1v) is 6.85. The molecule has 17 heavy (non-hydrogen) atoms. The fraction of sp³-hybridized carbons (Fsp3) is 0.500. The molecule has 96 valence electrons. The Morgan fingerprint density at radius 3 is 2.00 bits per heavy atom. The van der Waals surface area contributed by atoms with Crippen molar-refractivity contribution in [1.29, 1.82) is 0 Å². The van der Waals surface area contributed by atoms with Gasteiger partial charge in [-0.2, -0.15) is 0 Å². The summed E-state index contributed by atoms with van der Waals surface area (Å²) in [5.41, 5.74) is 0.988. The third kappa shape index (κ3) is 2.20. The second-order valence-electron chi connectivity index (χ2n) is 3.78. The van der Waals surface area contributed by atoms with Gasteiger partial charge in [0.1, 0.15) is 4.90 Å². The lowest BCUT2D eigenvalue weighted by Crippen LogP contribution is -2.18. The van der Waals surface area contributed by atoms with Crippen LogP contribution in [0.4, 0.5) is 0 Å². The van der Waals surface area contributed by atoms with Crippen LogP contribution in [-0.4, -0.2) is 18.9 Å². The second kappa shape index (κ2) is 4.50. The molecular weight excluding hydrogens is 242 g/mol. The molecule has 0 unspecified atom stereocenters. The fourth-order valence-corrected chi connectivity index (χ4v) is 3.13. The number of sulfonamides is 1. The predicted octanol–water partition coefficient (Wildman–Crippen LogP) is 0.177. The van der Waals surface area contributed by atoms with Crippen LogP contribution in [0.15, 0.2) is 4.90 Å². The zero-order chi connectivity index (χ0) is 13.4. The maximum Gasteiger partial charge on any atom is 0.240 e. The predicted molar refractivity (Wildman–Crippen MR) is 64.7 cm³/mol. The number of Topliss-reactive ketones (excluding diaryl/α,β-unsaturated/α-hetero) is 1. The van der Waals surface area contributed by atoms with Crippen molar-refractivity contribution >= 4 is 15.8 Å². The number of carbonyl (C=O) groups is 1. The van der Waals surface area contributed by atoms with Gasteiger partial charge in [0.15, 0.2) is 5.78 Å². The van der Waals surface area contributed by atoms with E-state index in [4.69, 9.17) is 11.0 Å². The van der Waals surface area contributed by atoms with Crippen LogP contribution in [-0.2, 0) is 22.9 Å². The van der Waals surface area contributed by atoms with E-state index in [-0.39, 0.29) is 16.2 Å². The Balaban J connectivity index is 3.84. The normalized spacial score (nSPS) is 11.8. The molecule has 7 heteroatoms. The minimum atomic E-state index is -3.95. The SMILES string of the molecule is CCc1c(C(C)=O)c(S(N)(=O)=O)c(CC)n1N. The average molecular weight is 259 g/mol. The zero-order valence-electron chi connectivity index (χ0n) is 10.1. The Morgan fingerprint density at radius 1 is 1.24 bits per heavy atom. The summed E-state index contributed by atoms with van der Waals surface area (Å²) < 4.78 is 24.4. The number of hydrogen-bond donors (Lipinski definition) is 2. The van der Waals surface area contributed by atoms with E-state index in [1.165, 1.54) is 11.6 Å². The van der Waals surface area contributed by atoms with Crippen molar-refractivity contribution in [2.24, 2.45) is 5.14 Å². The van der Waals surface area contributed by atoms with Gasteiger partial charge in [-0.1, -0.05) is 13.8 Å². The Bertz CT molecular complexity index is 558. The summed E-state index contributed by atoms with van der Waals surface area (Å²) >= 11 is 0. The van der Waals surface area contributed by atoms with Crippen molar-refractivity contribution < 1.29 is 13.2 Å². The van der Waals surface area contributed by atoms with Gasteiger partial charge >= 0.3 is 0 Å². The molecule has 0 aliphatic carbocycles. The van der Waals surface area contributed by atoms with E-state index >= 15 is 0 Å². The summed E-state index contributed by atoms with van der Waals surface area (Å²) in [6.45, 7) is 4.87. The van der Waals surface area contributed by atoms with E-state index in [1.807, 2.05) is 0 Å². The van der Waals surface area contributed by atoms with Crippen LogP contribution >= 0.6 is 0 Å². The molecule has 0 aliphatic rings. The van der Waals surface area contributed by atoms with E-state index in [0.717, 1.165) is 0 Å². The lowest BCUT2D eigenvalue weighted by atomic mass is 10.1. The van der Waals surface area contributed by atoms with Gasteiger partial charge in [-0.15, -0.1) is 0 Å². The van der Waals surface area contributed by atoms with Crippen LogP contribution in [0.1, 0.15) is 42.5 Å². The number of primary sulfonamides is 1. The summed E-state index contributed by atoms with van der Waals surface area (Å²) in [6.07, 6.45) is 0.858. The van der Waals surface area contributed by atoms with Gasteiger partial charge in [-0.25, -0.2) is 13.6 Å². The van der Waals surface area contributed by atoms with Crippen LogP contribution in [0.2, 0.25) is 0 Å². The highest BCUT2D eigenvalue weighted by molar-refractivity contribution is 7.89.